The molecule has 3 heteroatoms. The molecule has 0 fully saturated rings. The minimum absolute atomic E-state index is 0.517. The number of benzene rings is 1. The van der Waals surface area contributed by atoms with Gasteiger partial charge in [0.05, 0.1) is 12.7 Å². The maximum atomic E-state index is 4.50. The predicted molar refractivity (Wildman–Crippen MR) is 84.7 cm³/mol. The first-order valence-electron chi connectivity index (χ1n) is 7.64. The number of hydrogen-bond donors (Lipinski definition) is 1. The Hall–Kier alpha value is -1.61. The van der Waals surface area contributed by atoms with Crippen LogP contribution in [0.5, 0.6) is 0 Å². The molecule has 0 radical (unpaired) electrons. The van der Waals surface area contributed by atoms with Gasteiger partial charge < -0.3 is 5.32 Å². The van der Waals surface area contributed by atoms with Crippen molar-refractivity contribution in [1.82, 2.24) is 15.1 Å². The lowest BCUT2D eigenvalue weighted by atomic mass is 10.1. The summed E-state index contributed by atoms with van der Waals surface area (Å²) >= 11 is 0. The van der Waals surface area contributed by atoms with Crippen LogP contribution in [0.4, 0.5) is 0 Å². The highest BCUT2D eigenvalue weighted by atomic mass is 15.3. The van der Waals surface area contributed by atoms with Crippen molar-refractivity contribution in [2.24, 2.45) is 0 Å². The number of nitrogens with one attached hydrogen (secondary N) is 1. The van der Waals surface area contributed by atoms with E-state index in [0.29, 0.717) is 6.04 Å². The minimum Gasteiger partial charge on any atom is -0.312 e. The molecule has 3 nitrogen and oxygen atoms in total. The fourth-order valence-corrected chi connectivity index (χ4v) is 2.42. The van der Waals surface area contributed by atoms with Gasteiger partial charge in [-0.3, -0.25) is 4.68 Å². The SMILES string of the molecule is CCCNC(CCC)Cn1cc(-c2ccccc2)cn1. The summed E-state index contributed by atoms with van der Waals surface area (Å²) in [5.41, 5.74) is 2.42. The van der Waals surface area contributed by atoms with Crippen molar-refractivity contribution in [1.29, 1.82) is 0 Å². The highest BCUT2D eigenvalue weighted by molar-refractivity contribution is 5.61. The number of aromatic nitrogens is 2. The van der Waals surface area contributed by atoms with Crippen LogP contribution in [0.15, 0.2) is 42.7 Å². The molecule has 0 saturated carbocycles. The van der Waals surface area contributed by atoms with Crippen LogP contribution in [0.25, 0.3) is 11.1 Å². The molecule has 1 aromatic carbocycles. The number of rotatable bonds is 8. The predicted octanol–water partition coefficient (Wildman–Crippen LogP) is 3.72. The van der Waals surface area contributed by atoms with E-state index < -0.39 is 0 Å². The second kappa shape index (κ2) is 7.85. The zero-order valence-electron chi connectivity index (χ0n) is 12.5. The van der Waals surface area contributed by atoms with Gasteiger partial charge in [-0.2, -0.15) is 5.10 Å². The molecule has 1 unspecified atom stereocenters. The van der Waals surface area contributed by atoms with Gasteiger partial charge in [0.1, 0.15) is 0 Å². The molecule has 20 heavy (non-hydrogen) atoms. The highest BCUT2D eigenvalue weighted by Crippen LogP contribution is 2.17. The summed E-state index contributed by atoms with van der Waals surface area (Å²) in [5, 5.41) is 8.11. The second-order valence-electron chi connectivity index (χ2n) is 5.26. The van der Waals surface area contributed by atoms with E-state index in [1.54, 1.807) is 0 Å². The van der Waals surface area contributed by atoms with Crippen LogP contribution >= 0.6 is 0 Å². The molecule has 0 aliphatic rings. The third kappa shape index (κ3) is 4.20. The van der Waals surface area contributed by atoms with E-state index in [4.69, 9.17) is 0 Å². The average molecular weight is 271 g/mol. The topological polar surface area (TPSA) is 29.9 Å². The van der Waals surface area contributed by atoms with Gasteiger partial charge in [0.25, 0.3) is 0 Å². The van der Waals surface area contributed by atoms with Crippen LogP contribution in [0.3, 0.4) is 0 Å². The van der Waals surface area contributed by atoms with Gasteiger partial charge >= 0.3 is 0 Å². The summed E-state index contributed by atoms with van der Waals surface area (Å²) < 4.78 is 2.06. The van der Waals surface area contributed by atoms with E-state index in [-0.39, 0.29) is 0 Å². The Balaban J connectivity index is 2.00. The van der Waals surface area contributed by atoms with Crippen LogP contribution in [-0.2, 0) is 6.54 Å². The lowest BCUT2D eigenvalue weighted by Crippen LogP contribution is -2.33. The maximum Gasteiger partial charge on any atom is 0.0568 e. The van der Waals surface area contributed by atoms with Gasteiger partial charge in [-0.1, -0.05) is 50.6 Å². The fourth-order valence-electron chi connectivity index (χ4n) is 2.42. The van der Waals surface area contributed by atoms with Crippen molar-refractivity contribution in [3.8, 4) is 11.1 Å². The van der Waals surface area contributed by atoms with Crippen molar-refractivity contribution < 1.29 is 0 Å². The summed E-state index contributed by atoms with van der Waals surface area (Å²) in [7, 11) is 0. The zero-order valence-corrected chi connectivity index (χ0v) is 12.5. The normalized spacial score (nSPS) is 12.5. The van der Waals surface area contributed by atoms with Crippen molar-refractivity contribution in [3.63, 3.8) is 0 Å². The molecule has 2 aromatic rings. The number of nitrogens with zero attached hydrogens (tertiary/aromatic N) is 2. The standard InChI is InChI=1S/C17H25N3/c1-3-8-17(18-11-4-2)14-20-13-16(12-19-20)15-9-6-5-7-10-15/h5-7,9-10,12-13,17-18H,3-4,8,11,14H2,1-2H3. The van der Waals surface area contributed by atoms with Crippen LogP contribution in [0.1, 0.15) is 33.1 Å². The van der Waals surface area contributed by atoms with Gasteiger partial charge in [-0.05, 0) is 24.9 Å². The first-order valence-corrected chi connectivity index (χ1v) is 7.64. The summed E-state index contributed by atoms with van der Waals surface area (Å²) in [4.78, 5) is 0. The molecule has 1 aromatic heterocycles. The van der Waals surface area contributed by atoms with E-state index in [1.165, 1.54) is 30.4 Å². The van der Waals surface area contributed by atoms with Crippen LogP contribution in [0.2, 0.25) is 0 Å². The second-order valence-corrected chi connectivity index (χ2v) is 5.26. The zero-order chi connectivity index (χ0) is 14.2. The van der Waals surface area contributed by atoms with E-state index in [9.17, 15) is 0 Å². The summed E-state index contributed by atoms with van der Waals surface area (Å²) in [6.45, 7) is 6.47. The maximum absolute atomic E-state index is 4.50. The Morgan fingerprint density at radius 1 is 1.10 bits per heavy atom. The molecule has 2 rings (SSSR count). The van der Waals surface area contributed by atoms with Crippen molar-refractivity contribution in [2.75, 3.05) is 6.54 Å². The quantitative estimate of drug-likeness (QED) is 0.793. The molecule has 108 valence electrons. The lowest BCUT2D eigenvalue weighted by Gasteiger charge is -2.17. The van der Waals surface area contributed by atoms with Gasteiger partial charge in [0, 0.05) is 17.8 Å². The van der Waals surface area contributed by atoms with Gasteiger partial charge in [-0.15, -0.1) is 0 Å². The van der Waals surface area contributed by atoms with Crippen molar-refractivity contribution in [3.05, 3.63) is 42.7 Å². The van der Waals surface area contributed by atoms with Crippen LogP contribution in [0, 0.1) is 0 Å². The lowest BCUT2D eigenvalue weighted by molar-refractivity contribution is 0.402. The Kier molecular flexibility index (Phi) is 5.81. The molecule has 0 spiro atoms. The summed E-state index contributed by atoms with van der Waals surface area (Å²) in [6.07, 6.45) is 7.67. The first-order chi connectivity index (χ1) is 9.83. The minimum atomic E-state index is 0.517. The molecular weight excluding hydrogens is 246 g/mol. The number of hydrogen-bond acceptors (Lipinski definition) is 2. The molecule has 1 atom stereocenters. The van der Waals surface area contributed by atoms with Crippen LogP contribution < -0.4 is 5.32 Å². The van der Waals surface area contributed by atoms with E-state index >= 15 is 0 Å². The molecule has 0 aliphatic heterocycles. The fraction of sp³-hybridized carbons (Fsp3) is 0.471. The van der Waals surface area contributed by atoms with Crippen LogP contribution in [-0.4, -0.2) is 22.4 Å². The Morgan fingerprint density at radius 2 is 1.90 bits per heavy atom. The van der Waals surface area contributed by atoms with Gasteiger partial charge in [0.15, 0.2) is 0 Å². The third-order valence-corrected chi connectivity index (χ3v) is 3.47. The largest absolute Gasteiger partial charge is 0.312 e. The summed E-state index contributed by atoms with van der Waals surface area (Å²) in [5.74, 6) is 0. The van der Waals surface area contributed by atoms with Gasteiger partial charge in [-0.25, -0.2) is 0 Å². The molecular formula is C17H25N3. The molecule has 0 amide bonds. The molecule has 0 bridgehead atoms. The van der Waals surface area contributed by atoms with E-state index in [0.717, 1.165) is 13.1 Å². The Labute approximate surface area is 122 Å². The smallest absolute Gasteiger partial charge is 0.0568 e. The highest BCUT2D eigenvalue weighted by Gasteiger charge is 2.09. The Morgan fingerprint density at radius 3 is 2.60 bits per heavy atom. The van der Waals surface area contributed by atoms with E-state index in [2.05, 4.69) is 59.4 Å². The first kappa shape index (κ1) is 14.8. The van der Waals surface area contributed by atoms with Crippen molar-refractivity contribution in [2.45, 2.75) is 45.7 Å². The molecule has 0 saturated heterocycles. The molecule has 0 aliphatic carbocycles. The van der Waals surface area contributed by atoms with Gasteiger partial charge in [0.2, 0.25) is 0 Å². The monoisotopic (exact) mass is 271 g/mol. The average Bonchev–Trinajstić information content (AvgIpc) is 2.94. The molecule has 1 N–H and O–H groups in total. The Bertz CT molecular complexity index is 490. The molecule has 1 heterocycles. The summed E-state index contributed by atoms with van der Waals surface area (Å²) in [6, 6.07) is 10.9. The van der Waals surface area contributed by atoms with E-state index in [1.807, 2.05) is 12.3 Å². The van der Waals surface area contributed by atoms with Crippen molar-refractivity contribution >= 4 is 0 Å². The third-order valence-electron chi connectivity index (χ3n) is 3.47.